The van der Waals surface area contributed by atoms with Gasteiger partial charge in [-0.1, -0.05) is 0 Å². The molecule has 1 heterocycles. The van der Waals surface area contributed by atoms with Gasteiger partial charge in [0.25, 0.3) is 0 Å². The molecule has 0 saturated carbocycles. The Morgan fingerprint density at radius 3 is 2.58 bits per heavy atom. The monoisotopic (exact) mass is 428 g/mol. The van der Waals surface area contributed by atoms with Gasteiger partial charge < -0.3 is 34.0 Å². The molecule has 9 heteroatoms. The molecule has 0 aliphatic heterocycles. The van der Waals surface area contributed by atoms with Crippen LogP contribution in [0.5, 0.6) is 11.5 Å². The second-order valence-corrected chi connectivity index (χ2v) is 6.45. The first-order valence-electron chi connectivity index (χ1n) is 9.52. The van der Waals surface area contributed by atoms with E-state index in [1.54, 1.807) is 43.5 Å². The van der Waals surface area contributed by atoms with Gasteiger partial charge in [0.05, 0.1) is 24.9 Å². The lowest BCUT2D eigenvalue weighted by atomic mass is 10.1. The Kier molecular flexibility index (Phi) is 6.99. The molecule has 164 valence electrons. The highest BCUT2D eigenvalue weighted by atomic mass is 16.7. The van der Waals surface area contributed by atoms with Crippen molar-refractivity contribution in [3.05, 3.63) is 48.2 Å². The van der Waals surface area contributed by atoms with Crippen LogP contribution in [0.2, 0.25) is 0 Å². The molecule has 0 unspecified atom stereocenters. The van der Waals surface area contributed by atoms with Crippen LogP contribution in [-0.2, 0) is 19.0 Å². The molecule has 0 fully saturated rings. The largest absolute Gasteiger partial charge is 0.482 e. The van der Waals surface area contributed by atoms with Gasteiger partial charge >= 0.3 is 11.9 Å². The van der Waals surface area contributed by atoms with Crippen LogP contribution in [0, 0.1) is 0 Å². The van der Waals surface area contributed by atoms with Crippen molar-refractivity contribution in [1.29, 1.82) is 0 Å². The van der Waals surface area contributed by atoms with E-state index in [0.29, 0.717) is 22.9 Å². The number of methoxy groups -OCH3 is 2. The minimum absolute atomic E-state index is 0.0318. The second kappa shape index (κ2) is 9.86. The molecule has 0 amide bonds. The molecule has 3 rings (SSSR count). The summed E-state index contributed by atoms with van der Waals surface area (Å²) in [5.74, 6) is -0.174. The van der Waals surface area contributed by atoms with E-state index in [9.17, 15) is 9.59 Å². The summed E-state index contributed by atoms with van der Waals surface area (Å²) in [5, 5.41) is 0.805. The lowest BCUT2D eigenvalue weighted by molar-refractivity contribution is -0.142. The Hall–Kier alpha value is -3.72. The highest BCUT2D eigenvalue weighted by Gasteiger charge is 2.17. The number of hydrogen-bond acceptors (Lipinski definition) is 8. The van der Waals surface area contributed by atoms with Crippen molar-refractivity contribution in [1.82, 2.24) is 4.57 Å². The Bertz CT molecular complexity index is 1090. The van der Waals surface area contributed by atoms with Crippen molar-refractivity contribution in [2.45, 2.75) is 6.92 Å². The molecule has 0 spiro atoms. The van der Waals surface area contributed by atoms with E-state index in [-0.39, 0.29) is 25.6 Å². The molecule has 3 aromatic rings. The van der Waals surface area contributed by atoms with Crippen LogP contribution >= 0.6 is 0 Å². The summed E-state index contributed by atoms with van der Waals surface area (Å²) in [6.45, 7) is 1.74. The number of benzene rings is 2. The molecule has 0 aliphatic carbocycles. The van der Waals surface area contributed by atoms with Gasteiger partial charge in [0.1, 0.15) is 17.1 Å². The van der Waals surface area contributed by atoms with Crippen LogP contribution in [0.25, 0.3) is 16.6 Å². The number of carbonyl (C=O) groups is 2. The maximum atomic E-state index is 12.3. The highest BCUT2D eigenvalue weighted by Crippen LogP contribution is 2.32. The average molecular weight is 428 g/mol. The van der Waals surface area contributed by atoms with Crippen molar-refractivity contribution < 1.29 is 33.3 Å². The predicted octanol–water partition coefficient (Wildman–Crippen LogP) is 2.92. The molecule has 2 N–H and O–H groups in total. The first-order chi connectivity index (χ1) is 15.0. The minimum Gasteiger partial charge on any atom is -0.482 e. The van der Waals surface area contributed by atoms with Gasteiger partial charge in [-0.05, 0) is 31.2 Å². The number of hydrogen-bond donors (Lipinski definition) is 1. The summed E-state index contributed by atoms with van der Waals surface area (Å²) in [6, 6.07) is 10.4. The van der Waals surface area contributed by atoms with E-state index >= 15 is 0 Å². The van der Waals surface area contributed by atoms with E-state index in [1.165, 1.54) is 14.2 Å². The summed E-state index contributed by atoms with van der Waals surface area (Å²) >= 11 is 0. The van der Waals surface area contributed by atoms with Gasteiger partial charge in [-0.25, -0.2) is 9.59 Å². The topological polar surface area (TPSA) is 111 Å². The Balaban J connectivity index is 2.03. The van der Waals surface area contributed by atoms with Crippen molar-refractivity contribution >= 4 is 28.5 Å². The molecular weight excluding hydrogens is 404 g/mol. The van der Waals surface area contributed by atoms with Crippen LogP contribution in [-0.4, -0.2) is 50.7 Å². The number of ether oxygens (including phenoxy) is 5. The fraction of sp³-hybridized carbons (Fsp3) is 0.273. The normalized spacial score (nSPS) is 10.7. The molecule has 1 aromatic heterocycles. The summed E-state index contributed by atoms with van der Waals surface area (Å²) in [7, 11) is 2.79. The highest BCUT2D eigenvalue weighted by molar-refractivity contribution is 5.95. The standard InChI is InChI=1S/C22H24N2O7/c1-4-29-22(26)17-7-5-14(9-20(17)31-13-27-2)24-11-18(23)16-8-6-15(10-19(16)24)30-12-21(25)28-3/h5-11H,4,12-13,23H2,1-3H3. The fourth-order valence-corrected chi connectivity index (χ4v) is 3.02. The van der Waals surface area contributed by atoms with Crippen molar-refractivity contribution in [3.8, 4) is 17.2 Å². The number of esters is 2. The maximum absolute atomic E-state index is 12.3. The number of carbonyl (C=O) groups excluding carboxylic acids is 2. The van der Waals surface area contributed by atoms with E-state index in [2.05, 4.69) is 4.74 Å². The van der Waals surface area contributed by atoms with Gasteiger partial charge in [0.15, 0.2) is 13.4 Å². The van der Waals surface area contributed by atoms with Crippen LogP contribution in [0.4, 0.5) is 5.69 Å². The molecule has 2 aromatic carbocycles. The van der Waals surface area contributed by atoms with Gasteiger partial charge in [0.2, 0.25) is 0 Å². The first kappa shape index (κ1) is 22.0. The Morgan fingerprint density at radius 1 is 1.06 bits per heavy atom. The average Bonchev–Trinajstić information content (AvgIpc) is 3.11. The number of fused-ring (bicyclic) bond motifs is 1. The third-order valence-corrected chi connectivity index (χ3v) is 4.46. The molecule has 0 radical (unpaired) electrons. The zero-order valence-electron chi connectivity index (χ0n) is 17.5. The van der Waals surface area contributed by atoms with Crippen LogP contribution in [0.15, 0.2) is 42.6 Å². The smallest absolute Gasteiger partial charge is 0.343 e. The van der Waals surface area contributed by atoms with E-state index in [4.69, 9.17) is 24.7 Å². The Labute approximate surface area is 179 Å². The SMILES string of the molecule is CCOC(=O)c1ccc(-n2cc(N)c3ccc(OCC(=O)OC)cc32)cc1OCOC. The quantitative estimate of drug-likeness (QED) is 0.409. The summed E-state index contributed by atoms with van der Waals surface area (Å²) < 4.78 is 27.6. The van der Waals surface area contributed by atoms with E-state index in [0.717, 1.165) is 10.9 Å². The summed E-state index contributed by atoms with van der Waals surface area (Å²) in [4.78, 5) is 23.6. The second-order valence-electron chi connectivity index (χ2n) is 6.45. The molecule has 0 bridgehead atoms. The molecule has 31 heavy (non-hydrogen) atoms. The zero-order chi connectivity index (χ0) is 22.4. The lowest BCUT2D eigenvalue weighted by Crippen LogP contribution is -2.12. The minimum atomic E-state index is -0.490. The number of nitrogens with zero attached hydrogens (tertiary/aromatic N) is 1. The van der Waals surface area contributed by atoms with Crippen molar-refractivity contribution in [3.63, 3.8) is 0 Å². The third-order valence-electron chi connectivity index (χ3n) is 4.46. The van der Waals surface area contributed by atoms with Crippen LogP contribution in [0.3, 0.4) is 0 Å². The molecule has 0 atom stereocenters. The van der Waals surface area contributed by atoms with E-state index in [1.807, 2.05) is 10.6 Å². The van der Waals surface area contributed by atoms with E-state index < -0.39 is 11.9 Å². The molecule has 0 aliphatic rings. The number of anilines is 1. The summed E-state index contributed by atoms with van der Waals surface area (Å²) in [5.41, 5.74) is 8.48. The summed E-state index contributed by atoms with van der Waals surface area (Å²) in [6.07, 6.45) is 1.76. The number of nitrogens with two attached hydrogens (primary N) is 1. The zero-order valence-corrected chi connectivity index (χ0v) is 17.5. The number of rotatable bonds is 9. The maximum Gasteiger partial charge on any atom is 0.343 e. The molecule has 0 saturated heterocycles. The van der Waals surface area contributed by atoms with Gasteiger partial charge in [-0.15, -0.1) is 0 Å². The van der Waals surface area contributed by atoms with Crippen molar-refractivity contribution in [2.24, 2.45) is 0 Å². The predicted molar refractivity (Wildman–Crippen MR) is 114 cm³/mol. The van der Waals surface area contributed by atoms with Gasteiger partial charge in [-0.2, -0.15) is 0 Å². The Morgan fingerprint density at radius 2 is 1.87 bits per heavy atom. The lowest BCUT2D eigenvalue weighted by Gasteiger charge is -2.13. The fourth-order valence-electron chi connectivity index (χ4n) is 3.02. The van der Waals surface area contributed by atoms with Gasteiger partial charge in [-0.3, -0.25) is 0 Å². The number of nitrogen functional groups attached to an aromatic ring is 1. The first-order valence-corrected chi connectivity index (χ1v) is 9.52. The van der Waals surface area contributed by atoms with Crippen molar-refractivity contribution in [2.75, 3.05) is 40.0 Å². The molecule has 9 nitrogen and oxygen atoms in total. The van der Waals surface area contributed by atoms with Crippen LogP contribution in [0.1, 0.15) is 17.3 Å². The number of aromatic nitrogens is 1. The third kappa shape index (κ3) is 4.89. The van der Waals surface area contributed by atoms with Crippen LogP contribution < -0.4 is 15.2 Å². The molecular formula is C22H24N2O7. The van der Waals surface area contributed by atoms with Gasteiger partial charge in [0, 0.05) is 36.5 Å².